The third kappa shape index (κ3) is 3.58. The lowest BCUT2D eigenvalue weighted by molar-refractivity contribution is 0.0469. The summed E-state index contributed by atoms with van der Waals surface area (Å²) in [6, 6.07) is 14.5. The predicted molar refractivity (Wildman–Crippen MR) is 92.2 cm³/mol. The van der Waals surface area contributed by atoms with Crippen molar-refractivity contribution < 1.29 is 19.1 Å². The SMILES string of the molecule is COc1ccc(C(=O)COC(=O)c2cc(=O)c3ccccc3[nH]2)cc1. The summed E-state index contributed by atoms with van der Waals surface area (Å²) in [7, 11) is 1.53. The standard InChI is InChI=1S/C19H15NO5/c1-24-13-8-6-12(7-9-13)18(22)11-25-19(23)16-10-17(21)14-4-2-3-5-15(14)20-16/h2-10H,11H2,1H3,(H,20,21). The van der Waals surface area contributed by atoms with E-state index < -0.39 is 12.6 Å². The number of esters is 1. The Balaban J connectivity index is 1.71. The summed E-state index contributed by atoms with van der Waals surface area (Å²) in [4.78, 5) is 39.0. The number of aromatic nitrogens is 1. The average molecular weight is 337 g/mol. The molecule has 0 aliphatic heterocycles. The van der Waals surface area contributed by atoms with Crippen LogP contribution in [0.15, 0.2) is 59.4 Å². The molecule has 0 aliphatic rings. The molecule has 1 aromatic heterocycles. The Bertz CT molecular complexity index is 989. The van der Waals surface area contributed by atoms with E-state index in [1.807, 2.05) is 0 Å². The summed E-state index contributed by atoms with van der Waals surface area (Å²) in [5, 5.41) is 0.480. The van der Waals surface area contributed by atoms with Gasteiger partial charge >= 0.3 is 5.97 Å². The lowest BCUT2D eigenvalue weighted by atomic mass is 10.1. The second-order valence-electron chi connectivity index (χ2n) is 5.32. The van der Waals surface area contributed by atoms with Crippen molar-refractivity contribution in [2.45, 2.75) is 0 Å². The van der Waals surface area contributed by atoms with Crippen molar-refractivity contribution in [3.63, 3.8) is 0 Å². The van der Waals surface area contributed by atoms with E-state index in [4.69, 9.17) is 9.47 Å². The maximum Gasteiger partial charge on any atom is 0.355 e. The van der Waals surface area contributed by atoms with E-state index in [1.165, 1.54) is 13.2 Å². The minimum absolute atomic E-state index is 0.00577. The number of ketones is 1. The van der Waals surface area contributed by atoms with Gasteiger partial charge in [-0.1, -0.05) is 12.1 Å². The fourth-order valence-corrected chi connectivity index (χ4v) is 2.38. The van der Waals surface area contributed by atoms with E-state index in [1.54, 1.807) is 48.5 Å². The maximum atomic E-state index is 12.1. The van der Waals surface area contributed by atoms with Crippen molar-refractivity contribution in [1.29, 1.82) is 0 Å². The van der Waals surface area contributed by atoms with Crippen LogP contribution in [0, 0.1) is 0 Å². The molecule has 0 radical (unpaired) electrons. The van der Waals surface area contributed by atoms with E-state index in [2.05, 4.69) is 4.98 Å². The van der Waals surface area contributed by atoms with Crippen LogP contribution in [-0.2, 0) is 4.74 Å². The number of nitrogens with one attached hydrogen (secondary N) is 1. The zero-order chi connectivity index (χ0) is 17.8. The van der Waals surface area contributed by atoms with E-state index in [9.17, 15) is 14.4 Å². The topological polar surface area (TPSA) is 85.5 Å². The Kier molecular flexibility index (Phi) is 4.61. The van der Waals surface area contributed by atoms with Crippen LogP contribution < -0.4 is 10.2 Å². The summed E-state index contributed by atoms with van der Waals surface area (Å²) in [5.74, 6) is -0.480. The monoisotopic (exact) mass is 337 g/mol. The van der Waals surface area contributed by atoms with Crippen LogP contribution >= 0.6 is 0 Å². The van der Waals surface area contributed by atoms with Crippen LogP contribution in [0.5, 0.6) is 5.75 Å². The van der Waals surface area contributed by atoms with E-state index in [0.717, 1.165) is 0 Å². The number of hydrogen-bond acceptors (Lipinski definition) is 5. The number of rotatable bonds is 5. The summed E-state index contributed by atoms with van der Waals surface area (Å²) in [5.41, 5.74) is 0.651. The highest BCUT2D eigenvalue weighted by Crippen LogP contribution is 2.12. The molecule has 3 aromatic rings. The molecule has 6 heteroatoms. The Morgan fingerprint density at radius 3 is 2.48 bits per heavy atom. The Hall–Kier alpha value is -3.41. The number of para-hydroxylation sites is 1. The second-order valence-corrected chi connectivity index (χ2v) is 5.32. The molecule has 3 rings (SSSR count). The lowest BCUT2D eigenvalue weighted by Gasteiger charge is -2.06. The van der Waals surface area contributed by atoms with Crippen LogP contribution in [0.4, 0.5) is 0 Å². The average Bonchev–Trinajstić information content (AvgIpc) is 2.65. The normalized spacial score (nSPS) is 10.4. The van der Waals surface area contributed by atoms with Gasteiger partial charge in [0.1, 0.15) is 11.4 Å². The number of H-pyrrole nitrogens is 1. The molecule has 0 spiro atoms. The van der Waals surface area contributed by atoms with Gasteiger partial charge in [-0.3, -0.25) is 9.59 Å². The molecule has 0 bridgehead atoms. The van der Waals surface area contributed by atoms with Crippen molar-refractivity contribution in [2.24, 2.45) is 0 Å². The molecule has 0 saturated heterocycles. The van der Waals surface area contributed by atoms with Gasteiger partial charge in [-0.25, -0.2) is 4.79 Å². The largest absolute Gasteiger partial charge is 0.497 e. The third-order valence-electron chi connectivity index (χ3n) is 3.70. The first-order chi connectivity index (χ1) is 12.1. The van der Waals surface area contributed by atoms with Gasteiger partial charge in [0.2, 0.25) is 0 Å². The zero-order valence-electron chi connectivity index (χ0n) is 13.4. The highest BCUT2D eigenvalue weighted by Gasteiger charge is 2.14. The summed E-state index contributed by atoms with van der Waals surface area (Å²) in [6.45, 7) is -0.417. The molecule has 0 unspecified atom stereocenters. The van der Waals surface area contributed by atoms with E-state index >= 15 is 0 Å². The number of benzene rings is 2. The van der Waals surface area contributed by atoms with Crippen molar-refractivity contribution in [1.82, 2.24) is 4.98 Å². The number of methoxy groups -OCH3 is 1. The molecule has 0 aliphatic carbocycles. The smallest absolute Gasteiger partial charge is 0.355 e. The predicted octanol–water partition coefficient (Wildman–Crippen LogP) is 2.58. The Morgan fingerprint density at radius 2 is 1.76 bits per heavy atom. The number of hydrogen-bond donors (Lipinski definition) is 1. The first-order valence-electron chi connectivity index (χ1n) is 7.55. The van der Waals surface area contributed by atoms with Gasteiger partial charge in [0.05, 0.1) is 7.11 Å². The first-order valence-corrected chi connectivity index (χ1v) is 7.55. The maximum absolute atomic E-state index is 12.1. The van der Waals surface area contributed by atoms with Crippen LogP contribution in [0.25, 0.3) is 10.9 Å². The van der Waals surface area contributed by atoms with Gasteiger partial charge in [-0.2, -0.15) is 0 Å². The van der Waals surface area contributed by atoms with Crippen LogP contribution in [0.3, 0.4) is 0 Å². The van der Waals surface area contributed by atoms with Gasteiger partial charge in [0, 0.05) is 22.5 Å². The van der Waals surface area contributed by atoms with Gasteiger partial charge in [0.25, 0.3) is 0 Å². The molecule has 126 valence electrons. The number of ether oxygens (including phenoxy) is 2. The number of carbonyl (C=O) groups is 2. The molecule has 0 fully saturated rings. The minimum Gasteiger partial charge on any atom is -0.497 e. The van der Waals surface area contributed by atoms with Crippen molar-refractivity contribution in [3.05, 3.63) is 76.1 Å². The molecular formula is C19H15NO5. The van der Waals surface area contributed by atoms with Crippen LogP contribution in [-0.4, -0.2) is 30.5 Å². The van der Waals surface area contributed by atoms with Gasteiger partial charge in [-0.05, 0) is 36.4 Å². The summed E-state index contributed by atoms with van der Waals surface area (Å²) >= 11 is 0. The molecule has 0 atom stereocenters. The molecular weight excluding hydrogens is 322 g/mol. The lowest BCUT2D eigenvalue weighted by Crippen LogP contribution is -2.17. The number of Topliss-reactive ketones (excluding diaryl/α,β-unsaturated/α-hetero) is 1. The molecule has 1 heterocycles. The fraction of sp³-hybridized carbons (Fsp3) is 0.105. The minimum atomic E-state index is -0.760. The first kappa shape index (κ1) is 16.4. The van der Waals surface area contributed by atoms with Crippen molar-refractivity contribution in [2.75, 3.05) is 13.7 Å². The fourth-order valence-electron chi connectivity index (χ4n) is 2.38. The van der Waals surface area contributed by atoms with E-state index in [0.29, 0.717) is 22.2 Å². The van der Waals surface area contributed by atoms with Crippen LogP contribution in [0.1, 0.15) is 20.8 Å². The molecule has 0 saturated carbocycles. The van der Waals surface area contributed by atoms with Gasteiger partial charge in [0.15, 0.2) is 17.8 Å². The molecule has 6 nitrogen and oxygen atoms in total. The quantitative estimate of drug-likeness (QED) is 0.571. The highest BCUT2D eigenvalue weighted by atomic mass is 16.5. The third-order valence-corrected chi connectivity index (χ3v) is 3.70. The Morgan fingerprint density at radius 1 is 1.04 bits per heavy atom. The Labute approximate surface area is 143 Å². The number of pyridine rings is 1. The van der Waals surface area contributed by atoms with Crippen molar-refractivity contribution in [3.8, 4) is 5.75 Å². The molecule has 2 aromatic carbocycles. The summed E-state index contributed by atoms with van der Waals surface area (Å²) in [6.07, 6.45) is 0. The molecule has 0 amide bonds. The molecule has 25 heavy (non-hydrogen) atoms. The van der Waals surface area contributed by atoms with Crippen LogP contribution in [0.2, 0.25) is 0 Å². The second kappa shape index (κ2) is 7.00. The number of fused-ring (bicyclic) bond motifs is 1. The highest BCUT2D eigenvalue weighted by molar-refractivity contribution is 5.99. The zero-order valence-corrected chi connectivity index (χ0v) is 13.4. The number of carbonyl (C=O) groups excluding carboxylic acids is 2. The molecule has 1 N–H and O–H groups in total. The van der Waals surface area contributed by atoms with Gasteiger partial charge in [-0.15, -0.1) is 0 Å². The van der Waals surface area contributed by atoms with Gasteiger partial charge < -0.3 is 14.5 Å². The van der Waals surface area contributed by atoms with E-state index in [-0.39, 0.29) is 16.9 Å². The summed E-state index contributed by atoms with van der Waals surface area (Å²) < 4.78 is 10.0. The van der Waals surface area contributed by atoms with Crippen molar-refractivity contribution >= 4 is 22.7 Å². The number of aromatic amines is 1.